The lowest BCUT2D eigenvalue weighted by molar-refractivity contribution is -0.150. The van der Waals surface area contributed by atoms with Gasteiger partial charge in [0.2, 0.25) is 0 Å². The van der Waals surface area contributed by atoms with Crippen LogP contribution in [-0.2, 0) is 9.47 Å². The zero-order chi connectivity index (χ0) is 19.8. The summed E-state index contributed by atoms with van der Waals surface area (Å²) in [5.41, 5.74) is -1.20. The first kappa shape index (κ1) is 20.1. The summed E-state index contributed by atoms with van der Waals surface area (Å²) in [5, 5.41) is 31.0. The van der Waals surface area contributed by atoms with Crippen molar-refractivity contribution in [1.82, 2.24) is 0 Å². The van der Waals surface area contributed by atoms with Crippen LogP contribution in [0.2, 0.25) is 10.0 Å². The van der Waals surface area contributed by atoms with Gasteiger partial charge in [0, 0.05) is 0 Å². The van der Waals surface area contributed by atoms with Crippen LogP contribution in [0, 0.1) is 0 Å². The van der Waals surface area contributed by atoms with Crippen molar-refractivity contribution in [2.24, 2.45) is 0 Å². The second-order valence-corrected chi connectivity index (χ2v) is 7.30. The summed E-state index contributed by atoms with van der Waals surface area (Å²) in [6.45, 7) is 1.29. The van der Waals surface area contributed by atoms with Gasteiger partial charge < -0.3 is 24.8 Å². The molecule has 1 unspecified atom stereocenters. The van der Waals surface area contributed by atoms with E-state index in [4.69, 9.17) is 32.7 Å². The number of ether oxygens (including phenoxy) is 2. The normalized spacial score (nSPS) is 28.7. The maximum atomic E-state index is 12.6. The molecule has 0 aromatic heterocycles. The standard InChI is InChI=1S/C19H18Cl2O6/c1-19(25)15(22)18(24)27-16(19)14(11-7-8-12(20)13(21)9-11)26-17(23)10-5-3-2-4-6-10/h2-9,14-16,18,22,24-25H,1H3/t14-,15+,16-,18?,19+/m1/s1. The summed E-state index contributed by atoms with van der Waals surface area (Å²) >= 11 is 12.0. The topological polar surface area (TPSA) is 96.2 Å². The molecule has 3 rings (SSSR count). The number of aliphatic hydroxyl groups excluding tert-OH is 2. The number of aliphatic hydroxyl groups is 3. The van der Waals surface area contributed by atoms with Crippen LogP contribution in [0.1, 0.15) is 28.9 Å². The fourth-order valence-electron chi connectivity index (χ4n) is 2.95. The number of hydrogen-bond acceptors (Lipinski definition) is 6. The van der Waals surface area contributed by atoms with Crippen LogP contribution in [0.15, 0.2) is 48.5 Å². The molecule has 1 saturated heterocycles. The van der Waals surface area contributed by atoms with Crippen LogP contribution < -0.4 is 0 Å². The van der Waals surface area contributed by atoms with Crippen molar-refractivity contribution in [2.45, 2.75) is 37.1 Å². The van der Waals surface area contributed by atoms with Crippen molar-refractivity contribution < 1.29 is 29.6 Å². The van der Waals surface area contributed by atoms with E-state index in [1.165, 1.54) is 19.1 Å². The number of carbonyl (C=O) groups excluding carboxylic acids is 1. The Kier molecular flexibility index (Phi) is 5.76. The SMILES string of the molecule is C[C@@]1(O)[C@@H]([C@H](OC(=O)c2ccccc2)c2ccc(Cl)c(Cl)c2)OC(O)[C@@H]1O. The van der Waals surface area contributed by atoms with E-state index in [0.717, 1.165) is 0 Å². The van der Waals surface area contributed by atoms with Crippen LogP contribution in [0.25, 0.3) is 0 Å². The Morgan fingerprint density at radius 1 is 1.15 bits per heavy atom. The van der Waals surface area contributed by atoms with Gasteiger partial charge in [0.05, 0.1) is 15.6 Å². The molecule has 0 amide bonds. The predicted molar refractivity (Wildman–Crippen MR) is 98.6 cm³/mol. The molecule has 0 radical (unpaired) electrons. The summed E-state index contributed by atoms with van der Waals surface area (Å²) in [5.74, 6) is -0.665. The fraction of sp³-hybridized carbons (Fsp3) is 0.316. The first-order valence-electron chi connectivity index (χ1n) is 8.16. The van der Waals surface area contributed by atoms with E-state index < -0.39 is 36.2 Å². The van der Waals surface area contributed by atoms with Crippen LogP contribution >= 0.6 is 23.2 Å². The van der Waals surface area contributed by atoms with E-state index in [9.17, 15) is 20.1 Å². The first-order valence-corrected chi connectivity index (χ1v) is 8.92. The van der Waals surface area contributed by atoms with Gasteiger partial charge in [-0.3, -0.25) is 0 Å². The molecule has 5 atom stereocenters. The molecule has 0 bridgehead atoms. The van der Waals surface area contributed by atoms with Crippen LogP contribution in [0.3, 0.4) is 0 Å². The van der Waals surface area contributed by atoms with Gasteiger partial charge in [0.1, 0.15) is 17.8 Å². The van der Waals surface area contributed by atoms with Gasteiger partial charge >= 0.3 is 5.97 Å². The molecule has 144 valence electrons. The van der Waals surface area contributed by atoms with Crippen molar-refractivity contribution >= 4 is 29.2 Å². The molecular formula is C19H18Cl2O6. The summed E-state index contributed by atoms with van der Waals surface area (Å²) in [6, 6.07) is 12.8. The highest BCUT2D eigenvalue weighted by atomic mass is 35.5. The van der Waals surface area contributed by atoms with Gasteiger partial charge in [0.25, 0.3) is 0 Å². The number of hydrogen-bond donors (Lipinski definition) is 3. The van der Waals surface area contributed by atoms with Gasteiger partial charge in [-0.1, -0.05) is 47.5 Å². The van der Waals surface area contributed by atoms with Gasteiger partial charge in [-0.2, -0.15) is 0 Å². The summed E-state index contributed by atoms with van der Waals surface area (Å²) in [7, 11) is 0. The fourth-order valence-corrected chi connectivity index (χ4v) is 3.26. The highest BCUT2D eigenvalue weighted by Crippen LogP contribution is 2.40. The first-order chi connectivity index (χ1) is 12.7. The lowest BCUT2D eigenvalue weighted by atomic mass is 9.88. The Morgan fingerprint density at radius 2 is 1.81 bits per heavy atom. The number of benzene rings is 2. The molecule has 2 aromatic rings. The minimum absolute atomic E-state index is 0.216. The maximum Gasteiger partial charge on any atom is 0.338 e. The van der Waals surface area contributed by atoms with E-state index in [2.05, 4.69) is 0 Å². The quantitative estimate of drug-likeness (QED) is 0.668. The van der Waals surface area contributed by atoms with E-state index in [1.807, 2.05) is 0 Å². The zero-order valence-electron chi connectivity index (χ0n) is 14.3. The third-order valence-electron chi connectivity index (χ3n) is 4.52. The van der Waals surface area contributed by atoms with Gasteiger partial charge in [-0.05, 0) is 36.8 Å². The van der Waals surface area contributed by atoms with E-state index >= 15 is 0 Å². The Morgan fingerprint density at radius 3 is 2.37 bits per heavy atom. The minimum atomic E-state index is -1.88. The minimum Gasteiger partial charge on any atom is -0.451 e. The zero-order valence-corrected chi connectivity index (χ0v) is 15.8. The highest BCUT2D eigenvalue weighted by molar-refractivity contribution is 6.42. The molecule has 3 N–H and O–H groups in total. The van der Waals surface area contributed by atoms with Crippen molar-refractivity contribution in [2.75, 3.05) is 0 Å². The molecule has 0 aliphatic carbocycles. The molecule has 8 heteroatoms. The Balaban J connectivity index is 1.99. The Labute approximate surface area is 165 Å². The lowest BCUT2D eigenvalue weighted by Crippen LogP contribution is -2.48. The molecule has 1 aliphatic rings. The molecule has 1 aliphatic heterocycles. The largest absolute Gasteiger partial charge is 0.451 e. The smallest absolute Gasteiger partial charge is 0.338 e. The number of rotatable bonds is 4. The van der Waals surface area contributed by atoms with Crippen LogP contribution in [0.5, 0.6) is 0 Å². The maximum absolute atomic E-state index is 12.6. The average Bonchev–Trinajstić information content (AvgIpc) is 2.85. The molecule has 6 nitrogen and oxygen atoms in total. The van der Waals surface area contributed by atoms with Crippen LogP contribution in [0.4, 0.5) is 0 Å². The monoisotopic (exact) mass is 412 g/mol. The van der Waals surface area contributed by atoms with Crippen molar-refractivity contribution in [1.29, 1.82) is 0 Å². The third-order valence-corrected chi connectivity index (χ3v) is 5.26. The van der Waals surface area contributed by atoms with E-state index in [0.29, 0.717) is 16.1 Å². The van der Waals surface area contributed by atoms with Crippen LogP contribution in [-0.4, -0.2) is 45.4 Å². The van der Waals surface area contributed by atoms with Crippen molar-refractivity contribution in [3.8, 4) is 0 Å². The van der Waals surface area contributed by atoms with E-state index in [-0.39, 0.29) is 5.02 Å². The van der Waals surface area contributed by atoms with Gasteiger partial charge in [0.15, 0.2) is 12.4 Å². The molecule has 0 saturated carbocycles. The number of halogens is 2. The Hall–Kier alpha value is -1.67. The highest BCUT2D eigenvalue weighted by Gasteiger charge is 2.56. The predicted octanol–water partition coefficient (Wildman–Crippen LogP) is 2.72. The molecule has 1 fully saturated rings. The second-order valence-electron chi connectivity index (χ2n) is 6.48. The number of carbonyl (C=O) groups is 1. The lowest BCUT2D eigenvalue weighted by Gasteiger charge is -2.32. The number of esters is 1. The summed E-state index contributed by atoms with van der Waals surface area (Å²) in [4.78, 5) is 12.6. The molecular weight excluding hydrogens is 395 g/mol. The van der Waals surface area contributed by atoms with Crippen molar-refractivity contribution in [3.63, 3.8) is 0 Å². The van der Waals surface area contributed by atoms with Crippen molar-refractivity contribution in [3.05, 3.63) is 69.7 Å². The average molecular weight is 413 g/mol. The Bertz CT molecular complexity index is 826. The molecule has 27 heavy (non-hydrogen) atoms. The van der Waals surface area contributed by atoms with Gasteiger partial charge in [-0.25, -0.2) is 4.79 Å². The van der Waals surface area contributed by atoms with E-state index in [1.54, 1.807) is 36.4 Å². The third kappa shape index (κ3) is 3.96. The molecule has 1 heterocycles. The summed E-state index contributed by atoms with van der Waals surface area (Å²) < 4.78 is 10.9. The molecule has 2 aromatic carbocycles. The molecule has 0 spiro atoms. The summed E-state index contributed by atoms with van der Waals surface area (Å²) in [6.07, 6.45) is -5.62. The van der Waals surface area contributed by atoms with Gasteiger partial charge in [-0.15, -0.1) is 0 Å². The second kappa shape index (κ2) is 7.75.